The lowest BCUT2D eigenvalue weighted by atomic mass is 9.97. The van der Waals surface area contributed by atoms with Crippen LogP contribution in [-0.4, -0.2) is 15.3 Å². The molecule has 0 unspecified atom stereocenters. The predicted molar refractivity (Wildman–Crippen MR) is 82.3 cm³/mol. The Labute approximate surface area is 122 Å². The van der Waals surface area contributed by atoms with Crippen LogP contribution in [0.3, 0.4) is 0 Å². The molecule has 0 spiro atoms. The van der Waals surface area contributed by atoms with Gasteiger partial charge in [-0.3, -0.25) is 0 Å². The molecule has 104 valence electrons. The van der Waals surface area contributed by atoms with Gasteiger partial charge in [0.15, 0.2) is 0 Å². The second kappa shape index (κ2) is 5.21. The number of para-hydroxylation sites is 1. The van der Waals surface area contributed by atoms with Crippen LogP contribution < -0.4 is 0 Å². The number of benzene rings is 3. The third-order valence-corrected chi connectivity index (χ3v) is 3.39. The third-order valence-electron chi connectivity index (χ3n) is 3.39. The molecule has 0 saturated carbocycles. The van der Waals surface area contributed by atoms with E-state index in [0.717, 1.165) is 5.56 Å². The molecule has 3 N–H and O–H groups in total. The van der Waals surface area contributed by atoms with E-state index in [4.69, 9.17) is 0 Å². The summed E-state index contributed by atoms with van der Waals surface area (Å²) >= 11 is 0. The summed E-state index contributed by atoms with van der Waals surface area (Å²) in [5.41, 5.74) is 2.43. The van der Waals surface area contributed by atoms with Gasteiger partial charge in [-0.15, -0.1) is 0 Å². The molecule has 0 aliphatic heterocycles. The molecule has 3 aromatic rings. The van der Waals surface area contributed by atoms with Crippen LogP contribution in [0, 0.1) is 0 Å². The lowest BCUT2D eigenvalue weighted by Crippen LogP contribution is -1.85. The van der Waals surface area contributed by atoms with E-state index < -0.39 is 0 Å². The fraction of sp³-hybridized carbons (Fsp3) is 0. The lowest BCUT2D eigenvalue weighted by molar-refractivity contribution is 0.459. The minimum absolute atomic E-state index is 0.00770. The van der Waals surface area contributed by atoms with Crippen LogP contribution >= 0.6 is 0 Å². The molecule has 0 saturated heterocycles. The van der Waals surface area contributed by atoms with Crippen molar-refractivity contribution in [2.24, 2.45) is 0 Å². The summed E-state index contributed by atoms with van der Waals surface area (Å²) in [6.45, 7) is 0. The summed E-state index contributed by atoms with van der Waals surface area (Å²) in [5, 5.41) is 30.1. The highest BCUT2D eigenvalue weighted by atomic mass is 16.3. The Bertz CT molecular complexity index is 780. The van der Waals surface area contributed by atoms with Crippen molar-refractivity contribution in [1.29, 1.82) is 0 Å². The first-order valence-corrected chi connectivity index (χ1v) is 6.56. The Balaban J connectivity index is 2.20. The number of hydrogen-bond acceptors (Lipinski definition) is 3. The molecule has 0 atom stereocenters. The molecule has 0 aromatic heterocycles. The summed E-state index contributed by atoms with van der Waals surface area (Å²) in [4.78, 5) is 0. The van der Waals surface area contributed by atoms with Gasteiger partial charge in [-0.25, -0.2) is 0 Å². The summed E-state index contributed by atoms with van der Waals surface area (Å²) in [6.07, 6.45) is 0. The SMILES string of the molecule is Oc1ccc(O)c(-c2cccc(-c3ccccc3)c2O)c1. The quantitative estimate of drug-likeness (QED) is 0.617. The Morgan fingerprint density at radius 2 is 1.29 bits per heavy atom. The van der Waals surface area contributed by atoms with Gasteiger partial charge < -0.3 is 15.3 Å². The minimum Gasteiger partial charge on any atom is -0.508 e. The van der Waals surface area contributed by atoms with Gasteiger partial charge in [-0.05, 0) is 23.8 Å². The largest absolute Gasteiger partial charge is 0.508 e. The van der Waals surface area contributed by atoms with Gasteiger partial charge in [0.2, 0.25) is 0 Å². The van der Waals surface area contributed by atoms with Gasteiger partial charge in [0.1, 0.15) is 17.2 Å². The maximum atomic E-state index is 10.5. The standard InChI is InChI=1S/C18H14O3/c19-13-9-10-17(20)16(11-13)15-8-4-7-14(18(15)21)12-5-2-1-3-6-12/h1-11,19-21H. The van der Waals surface area contributed by atoms with Crippen LogP contribution in [0.15, 0.2) is 66.7 Å². The van der Waals surface area contributed by atoms with Crippen molar-refractivity contribution < 1.29 is 15.3 Å². The van der Waals surface area contributed by atoms with Crippen molar-refractivity contribution in [3.05, 3.63) is 66.7 Å². The van der Waals surface area contributed by atoms with E-state index in [1.807, 2.05) is 36.4 Å². The number of hydrogen-bond donors (Lipinski definition) is 3. The van der Waals surface area contributed by atoms with E-state index in [0.29, 0.717) is 16.7 Å². The number of aromatic hydroxyl groups is 3. The van der Waals surface area contributed by atoms with E-state index in [-0.39, 0.29) is 17.2 Å². The first kappa shape index (κ1) is 13.1. The van der Waals surface area contributed by atoms with Crippen LogP contribution in [0.4, 0.5) is 0 Å². The van der Waals surface area contributed by atoms with Crippen LogP contribution in [0.5, 0.6) is 17.2 Å². The molecular weight excluding hydrogens is 264 g/mol. The summed E-state index contributed by atoms with van der Waals surface area (Å²) in [7, 11) is 0. The normalized spacial score (nSPS) is 10.5. The average molecular weight is 278 g/mol. The maximum Gasteiger partial charge on any atom is 0.131 e. The van der Waals surface area contributed by atoms with Crippen molar-refractivity contribution in [2.45, 2.75) is 0 Å². The Morgan fingerprint density at radius 1 is 0.571 bits per heavy atom. The highest BCUT2D eigenvalue weighted by Crippen LogP contribution is 2.42. The van der Waals surface area contributed by atoms with E-state index >= 15 is 0 Å². The minimum atomic E-state index is 0.00770. The van der Waals surface area contributed by atoms with Crippen LogP contribution in [0.25, 0.3) is 22.3 Å². The highest BCUT2D eigenvalue weighted by Gasteiger charge is 2.13. The summed E-state index contributed by atoms with van der Waals surface area (Å²) in [6, 6.07) is 19.1. The van der Waals surface area contributed by atoms with Crippen molar-refractivity contribution >= 4 is 0 Å². The fourth-order valence-corrected chi connectivity index (χ4v) is 2.35. The third kappa shape index (κ3) is 2.41. The number of phenolic OH excluding ortho intramolecular Hbond substituents is 3. The molecule has 0 heterocycles. The van der Waals surface area contributed by atoms with E-state index in [9.17, 15) is 15.3 Å². The molecule has 0 amide bonds. The van der Waals surface area contributed by atoms with Crippen molar-refractivity contribution in [3.8, 4) is 39.5 Å². The zero-order valence-corrected chi connectivity index (χ0v) is 11.2. The van der Waals surface area contributed by atoms with Crippen LogP contribution in [-0.2, 0) is 0 Å². The van der Waals surface area contributed by atoms with Gasteiger partial charge in [0.25, 0.3) is 0 Å². The van der Waals surface area contributed by atoms with Crippen molar-refractivity contribution in [1.82, 2.24) is 0 Å². The van der Waals surface area contributed by atoms with Gasteiger partial charge in [-0.2, -0.15) is 0 Å². The van der Waals surface area contributed by atoms with Crippen molar-refractivity contribution in [3.63, 3.8) is 0 Å². The molecular formula is C18H14O3. The van der Waals surface area contributed by atoms with E-state index in [2.05, 4.69) is 0 Å². The Morgan fingerprint density at radius 3 is 2.05 bits per heavy atom. The monoisotopic (exact) mass is 278 g/mol. The van der Waals surface area contributed by atoms with E-state index in [1.54, 1.807) is 12.1 Å². The zero-order valence-electron chi connectivity index (χ0n) is 11.2. The molecule has 3 heteroatoms. The second-order valence-corrected chi connectivity index (χ2v) is 4.77. The van der Waals surface area contributed by atoms with Gasteiger partial charge in [0.05, 0.1) is 0 Å². The number of phenols is 3. The van der Waals surface area contributed by atoms with Crippen LogP contribution in [0.1, 0.15) is 0 Å². The van der Waals surface area contributed by atoms with Crippen molar-refractivity contribution in [2.75, 3.05) is 0 Å². The molecule has 0 bridgehead atoms. The zero-order chi connectivity index (χ0) is 14.8. The molecule has 0 fully saturated rings. The number of rotatable bonds is 2. The maximum absolute atomic E-state index is 10.5. The summed E-state index contributed by atoms with van der Waals surface area (Å²) in [5.74, 6) is 0.116. The van der Waals surface area contributed by atoms with Gasteiger partial charge in [-0.1, -0.05) is 48.5 Å². The molecule has 0 aliphatic carbocycles. The summed E-state index contributed by atoms with van der Waals surface area (Å²) < 4.78 is 0. The first-order valence-electron chi connectivity index (χ1n) is 6.56. The molecule has 3 nitrogen and oxygen atoms in total. The first-order chi connectivity index (χ1) is 10.2. The average Bonchev–Trinajstić information content (AvgIpc) is 2.51. The van der Waals surface area contributed by atoms with E-state index in [1.165, 1.54) is 18.2 Å². The topological polar surface area (TPSA) is 60.7 Å². The molecule has 0 radical (unpaired) electrons. The second-order valence-electron chi connectivity index (χ2n) is 4.77. The lowest BCUT2D eigenvalue weighted by Gasteiger charge is -2.11. The van der Waals surface area contributed by atoms with Crippen LogP contribution in [0.2, 0.25) is 0 Å². The predicted octanol–water partition coefficient (Wildman–Crippen LogP) is 4.14. The molecule has 21 heavy (non-hydrogen) atoms. The molecule has 3 aromatic carbocycles. The fourth-order valence-electron chi connectivity index (χ4n) is 2.35. The van der Waals surface area contributed by atoms with Gasteiger partial charge in [0, 0.05) is 16.7 Å². The Kier molecular flexibility index (Phi) is 3.24. The smallest absolute Gasteiger partial charge is 0.131 e. The molecule has 3 rings (SSSR count). The molecule has 0 aliphatic rings. The highest BCUT2D eigenvalue weighted by molar-refractivity contribution is 5.84. The Hall–Kier alpha value is -2.94. The van der Waals surface area contributed by atoms with Gasteiger partial charge >= 0.3 is 0 Å².